The second kappa shape index (κ2) is 5.22. The standard InChI is InChI=1S/C12H12F2N2O2/c1-7-2-3-9-8(6-7)12(18-5-4-17)16-11(15-9)10(13)14/h2-3,6,10,17H,4-5H2,1H3. The number of halogens is 2. The molecule has 0 saturated heterocycles. The van der Waals surface area contributed by atoms with Crippen LogP contribution in [0.3, 0.4) is 0 Å². The van der Waals surface area contributed by atoms with Crippen LogP contribution in [0.5, 0.6) is 5.88 Å². The van der Waals surface area contributed by atoms with E-state index in [4.69, 9.17) is 9.84 Å². The number of ether oxygens (including phenoxy) is 1. The number of aliphatic hydroxyl groups excluding tert-OH is 1. The van der Waals surface area contributed by atoms with Crippen molar-refractivity contribution in [3.05, 3.63) is 29.6 Å². The molecule has 96 valence electrons. The third-order valence-electron chi connectivity index (χ3n) is 2.36. The Morgan fingerprint density at radius 2 is 2.11 bits per heavy atom. The van der Waals surface area contributed by atoms with Gasteiger partial charge >= 0.3 is 0 Å². The molecule has 0 bridgehead atoms. The Kier molecular flexibility index (Phi) is 3.66. The molecule has 1 aromatic heterocycles. The molecule has 6 heteroatoms. The summed E-state index contributed by atoms with van der Waals surface area (Å²) >= 11 is 0. The number of hydrogen-bond donors (Lipinski definition) is 1. The van der Waals surface area contributed by atoms with E-state index in [-0.39, 0.29) is 19.1 Å². The third-order valence-corrected chi connectivity index (χ3v) is 2.36. The van der Waals surface area contributed by atoms with Crippen LogP contribution < -0.4 is 4.74 Å². The minimum Gasteiger partial charge on any atom is -0.475 e. The van der Waals surface area contributed by atoms with Crippen LogP contribution >= 0.6 is 0 Å². The summed E-state index contributed by atoms with van der Waals surface area (Å²) in [6.07, 6.45) is -2.76. The first-order valence-corrected chi connectivity index (χ1v) is 5.42. The van der Waals surface area contributed by atoms with E-state index in [0.29, 0.717) is 10.9 Å². The molecule has 0 amide bonds. The first kappa shape index (κ1) is 12.6. The van der Waals surface area contributed by atoms with Crippen molar-refractivity contribution in [3.63, 3.8) is 0 Å². The number of rotatable bonds is 4. The predicted molar refractivity (Wildman–Crippen MR) is 61.8 cm³/mol. The number of aromatic nitrogens is 2. The molecule has 0 saturated carbocycles. The Hall–Kier alpha value is -1.82. The molecule has 1 aromatic carbocycles. The maximum atomic E-state index is 12.6. The van der Waals surface area contributed by atoms with Crippen molar-refractivity contribution in [2.75, 3.05) is 13.2 Å². The van der Waals surface area contributed by atoms with Crippen LogP contribution in [0.15, 0.2) is 18.2 Å². The number of nitrogens with zero attached hydrogens (tertiary/aromatic N) is 2. The quantitative estimate of drug-likeness (QED) is 0.909. The van der Waals surface area contributed by atoms with E-state index in [1.54, 1.807) is 18.2 Å². The van der Waals surface area contributed by atoms with E-state index in [1.807, 2.05) is 6.92 Å². The smallest absolute Gasteiger partial charge is 0.297 e. The van der Waals surface area contributed by atoms with Crippen molar-refractivity contribution >= 4 is 10.9 Å². The second-order valence-corrected chi connectivity index (χ2v) is 3.78. The van der Waals surface area contributed by atoms with Gasteiger partial charge in [-0.1, -0.05) is 11.6 Å². The average molecular weight is 254 g/mol. The van der Waals surface area contributed by atoms with Crippen LogP contribution in [0, 0.1) is 6.92 Å². The Labute approximate surface area is 102 Å². The lowest BCUT2D eigenvalue weighted by Crippen LogP contribution is -2.06. The highest BCUT2D eigenvalue weighted by atomic mass is 19.3. The summed E-state index contributed by atoms with van der Waals surface area (Å²) in [7, 11) is 0. The average Bonchev–Trinajstić information content (AvgIpc) is 2.35. The highest BCUT2D eigenvalue weighted by Crippen LogP contribution is 2.26. The maximum absolute atomic E-state index is 12.6. The normalized spacial score (nSPS) is 11.2. The van der Waals surface area contributed by atoms with Crippen molar-refractivity contribution in [3.8, 4) is 5.88 Å². The Balaban J connectivity index is 2.57. The van der Waals surface area contributed by atoms with E-state index in [9.17, 15) is 8.78 Å². The van der Waals surface area contributed by atoms with Crippen LogP contribution in [0.4, 0.5) is 8.78 Å². The summed E-state index contributed by atoms with van der Waals surface area (Å²) in [6, 6.07) is 5.18. The molecule has 0 spiro atoms. The maximum Gasteiger partial charge on any atom is 0.297 e. The van der Waals surface area contributed by atoms with E-state index < -0.39 is 12.2 Å². The largest absolute Gasteiger partial charge is 0.475 e. The summed E-state index contributed by atoms with van der Waals surface area (Å²) in [5.74, 6) is -0.493. The molecule has 0 radical (unpaired) electrons. The molecule has 0 atom stereocenters. The zero-order chi connectivity index (χ0) is 13.1. The lowest BCUT2D eigenvalue weighted by atomic mass is 10.1. The van der Waals surface area contributed by atoms with Gasteiger partial charge in [0.2, 0.25) is 5.88 Å². The highest BCUT2D eigenvalue weighted by molar-refractivity contribution is 5.84. The Morgan fingerprint density at radius 1 is 1.33 bits per heavy atom. The summed E-state index contributed by atoms with van der Waals surface area (Å²) < 4.78 is 30.5. The zero-order valence-electron chi connectivity index (χ0n) is 9.73. The predicted octanol–water partition coefficient (Wildman–Crippen LogP) is 2.25. The van der Waals surface area contributed by atoms with Crippen LogP contribution in [0.25, 0.3) is 10.9 Å². The highest BCUT2D eigenvalue weighted by Gasteiger charge is 2.16. The molecule has 0 fully saturated rings. The summed E-state index contributed by atoms with van der Waals surface area (Å²) in [5.41, 5.74) is 1.35. The number of benzene rings is 1. The lowest BCUT2D eigenvalue weighted by molar-refractivity contribution is 0.138. The van der Waals surface area contributed by atoms with E-state index in [2.05, 4.69) is 9.97 Å². The molecule has 0 aliphatic rings. The van der Waals surface area contributed by atoms with Crippen molar-refractivity contribution < 1.29 is 18.6 Å². The van der Waals surface area contributed by atoms with Crippen LogP contribution in [-0.2, 0) is 0 Å². The Bertz CT molecular complexity index is 561. The topological polar surface area (TPSA) is 55.2 Å². The molecule has 2 rings (SSSR count). The third kappa shape index (κ3) is 2.53. The van der Waals surface area contributed by atoms with E-state index >= 15 is 0 Å². The van der Waals surface area contributed by atoms with Gasteiger partial charge in [-0.25, -0.2) is 13.8 Å². The second-order valence-electron chi connectivity index (χ2n) is 3.78. The first-order valence-electron chi connectivity index (χ1n) is 5.42. The first-order chi connectivity index (χ1) is 8.61. The van der Waals surface area contributed by atoms with Crippen LogP contribution in [0.1, 0.15) is 17.8 Å². The summed E-state index contributed by atoms with van der Waals surface area (Å²) in [4.78, 5) is 7.47. The van der Waals surface area contributed by atoms with Crippen molar-refractivity contribution in [1.82, 2.24) is 9.97 Å². The molecule has 1 N–H and O–H groups in total. The fourth-order valence-electron chi connectivity index (χ4n) is 1.58. The summed E-state index contributed by atoms with van der Waals surface area (Å²) in [6.45, 7) is 1.67. The number of hydrogen-bond acceptors (Lipinski definition) is 4. The fourth-order valence-corrected chi connectivity index (χ4v) is 1.58. The van der Waals surface area contributed by atoms with Crippen LogP contribution in [-0.4, -0.2) is 28.3 Å². The number of aliphatic hydroxyl groups is 1. The number of fused-ring (bicyclic) bond motifs is 1. The van der Waals surface area contributed by atoms with Crippen molar-refractivity contribution in [1.29, 1.82) is 0 Å². The molecule has 0 aliphatic heterocycles. The summed E-state index contributed by atoms with van der Waals surface area (Å²) in [5, 5.41) is 9.28. The van der Waals surface area contributed by atoms with Gasteiger partial charge in [-0.05, 0) is 19.1 Å². The van der Waals surface area contributed by atoms with Gasteiger partial charge in [-0.15, -0.1) is 0 Å². The minimum atomic E-state index is -2.76. The molecule has 2 aromatic rings. The zero-order valence-corrected chi connectivity index (χ0v) is 9.73. The van der Waals surface area contributed by atoms with Gasteiger partial charge in [-0.3, -0.25) is 0 Å². The fraction of sp³-hybridized carbons (Fsp3) is 0.333. The minimum absolute atomic E-state index is 0.00271. The van der Waals surface area contributed by atoms with Gasteiger partial charge in [0.1, 0.15) is 6.61 Å². The number of aryl methyl sites for hydroxylation is 1. The van der Waals surface area contributed by atoms with Gasteiger partial charge in [-0.2, -0.15) is 4.98 Å². The van der Waals surface area contributed by atoms with Gasteiger partial charge in [0.25, 0.3) is 6.43 Å². The Morgan fingerprint density at radius 3 is 2.78 bits per heavy atom. The molecule has 1 heterocycles. The van der Waals surface area contributed by atoms with Gasteiger partial charge in [0, 0.05) is 0 Å². The van der Waals surface area contributed by atoms with Gasteiger partial charge in [0.15, 0.2) is 5.82 Å². The molecular weight excluding hydrogens is 242 g/mol. The molecule has 4 nitrogen and oxygen atoms in total. The molecule has 18 heavy (non-hydrogen) atoms. The molecule has 0 aliphatic carbocycles. The van der Waals surface area contributed by atoms with Crippen molar-refractivity contribution in [2.45, 2.75) is 13.3 Å². The molecular formula is C12H12F2N2O2. The number of alkyl halides is 2. The molecule has 0 unspecified atom stereocenters. The van der Waals surface area contributed by atoms with Gasteiger partial charge < -0.3 is 9.84 Å². The van der Waals surface area contributed by atoms with E-state index in [1.165, 1.54) is 0 Å². The van der Waals surface area contributed by atoms with Crippen molar-refractivity contribution in [2.24, 2.45) is 0 Å². The van der Waals surface area contributed by atoms with Crippen LogP contribution in [0.2, 0.25) is 0 Å². The SMILES string of the molecule is Cc1ccc2nc(C(F)F)nc(OCCO)c2c1. The van der Waals surface area contributed by atoms with Gasteiger partial charge in [0.05, 0.1) is 17.5 Å². The monoisotopic (exact) mass is 254 g/mol. The lowest BCUT2D eigenvalue weighted by Gasteiger charge is -2.09. The van der Waals surface area contributed by atoms with E-state index in [0.717, 1.165) is 5.56 Å².